The molecule has 0 aliphatic carbocycles. The Kier molecular flexibility index (Phi) is 8.29. The Labute approximate surface area is 374 Å². The van der Waals surface area contributed by atoms with Gasteiger partial charge in [-0.1, -0.05) is 212 Å². The van der Waals surface area contributed by atoms with Gasteiger partial charge in [0.25, 0.3) is 0 Å². The van der Waals surface area contributed by atoms with Crippen LogP contribution in [-0.2, 0) is 0 Å². The van der Waals surface area contributed by atoms with E-state index in [1.165, 1.54) is 85.1 Å². The average molecular weight is 847 g/mol. The van der Waals surface area contributed by atoms with E-state index in [1.807, 2.05) is 0 Å². The van der Waals surface area contributed by atoms with Crippen molar-refractivity contribution >= 4 is 101 Å². The zero-order valence-electron chi connectivity index (χ0n) is 35.1. The summed E-state index contributed by atoms with van der Waals surface area (Å²) < 4.78 is 4.96. The Balaban J connectivity index is 1.14. The third kappa shape index (κ3) is 5.06. The SMILES string of the molecule is c1ccc(-n2c3ccccc3c3ccc(-n4c5ccccc5c5ccc([Si]6(c7ccccc7)c7ccccc7[Si](c7ccccc7)(c7ccccc7)c7ccccc76)cc54)cc32)cc1. The molecule has 0 atom stereocenters. The van der Waals surface area contributed by atoms with Crippen LogP contribution in [0.3, 0.4) is 0 Å². The molecule has 64 heavy (non-hydrogen) atoms. The van der Waals surface area contributed by atoms with Crippen molar-refractivity contribution < 1.29 is 0 Å². The maximum atomic E-state index is 2.58. The van der Waals surface area contributed by atoms with Crippen molar-refractivity contribution in [1.82, 2.24) is 9.13 Å². The lowest BCUT2D eigenvalue weighted by Gasteiger charge is -2.48. The summed E-state index contributed by atoms with van der Waals surface area (Å²) in [5.74, 6) is 0. The first-order chi connectivity index (χ1) is 31.8. The van der Waals surface area contributed by atoms with Gasteiger partial charge in [-0.15, -0.1) is 0 Å². The molecule has 2 nitrogen and oxygen atoms in total. The molecule has 13 rings (SSSR count). The quantitative estimate of drug-likeness (QED) is 0.148. The molecular formula is C60H42N2Si2. The van der Waals surface area contributed by atoms with Crippen LogP contribution >= 0.6 is 0 Å². The highest BCUT2D eigenvalue weighted by atomic mass is 28.3. The second-order valence-corrected chi connectivity index (χ2v) is 24.6. The van der Waals surface area contributed by atoms with Gasteiger partial charge >= 0.3 is 0 Å². The molecule has 0 bridgehead atoms. The third-order valence-corrected chi connectivity index (χ3v) is 24.4. The van der Waals surface area contributed by atoms with Crippen LogP contribution < -0.4 is 41.5 Å². The molecule has 0 N–H and O–H groups in total. The molecular weight excluding hydrogens is 805 g/mol. The lowest BCUT2D eigenvalue weighted by molar-refractivity contribution is 1.15. The van der Waals surface area contributed by atoms with Gasteiger partial charge in [0.2, 0.25) is 0 Å². The van der Waals surface area contributed by atoms with Crippen LogP contribution in [-0.4, -0.2) is 25.3 Å². The number of benzene rings is 10. The van der Waals surface area contributed by atoms with E-state index in [-0.39, 0.29) is 0 Å². The van der Waals surface area contributed by atoms with Gasteiger partial charge in [0.1, 0.15) is 0 Å². The number of fused-ring (bicyclic) bond motifs is 8. The summed E-state index contributed by atoms with van der Waals surface area (Å²) in [5.41, 5.74) is 7.14. The van der Waals surface area contributed by atoms with Gasteiger partial charge < -0.3 is 9.13 Å². The largest absolute Gasteiger partial charge is 0.309 e. The first-order valence-corrected chi connectivity index (χ1v) is 26.3. The van der Waals surface area contributed by atoms with Gasteiger partial charge in [0.15, 0.2) is 16.1 Å². The Bertz CT molecular complexity index is 3630. The lowest BCUT2D eigenvalue weighted by atomic mass is 10.1. The first kappa shape index (κ1) is 36.8. The predicted molar refractivity (Wildman–Crippen MR) is 276 cm³/mol. The summed E-state index contributed by atoms with van der Waals surface area (Å²) in [6, 6.07) is 96.6. The van der Waals surface area contributed by atoms with Crippen LogP contribution in [0.15, 0.2) is 255 Å². The van der Waals surface area contributed by atoms with Crippen LogP contribution in [0.5, 0.6) is 0 Å². The molecule has 2 aromatic heterocycles. The van der Waals surface area contributed by atoms with Crippen molar-refractivity contribution in [3.05, 3.63) is 255 Å². The molecule has 0 unspecified atom stereocenters. The zero-order chi connectivity index (χ0) is 42.2. The molecule has 0 fully saturated rings. The average Bonchev–Trinajstić information content (AvgIpc) is 3.89. The van der Waals surface area contributed by atoms with Gasteiger partial charge in [-0.05, 0) is 84.0 Å². The number of nitrogens with zero attached hydrogens (tertiary/aromatic N) is 2. The smallest absolute Gasteiger partial charge is 0.179 e. The van der Waals surface area contributed by atoms with Gasteiger partial charge in [-0.2, -0.15) is 0 Å². The summed E-state index contributed by atoms with van der Waals surface area (Å²) in [6.07, 6.45) is 0. The van der Waals surface area contributed by atoms with Crippen molar-refractivity contribution in [3.8, 4) is 11.4 Å². The molecule has 0 spiro atoms. The minimum Gasteiger partial charge on any atom is -0.309 e. The van der Waals surface area contributed by atoms with Crippen LogP contribution in [0.25, 0.3) is 55.0 Å². The van der Waals surface area contributed by atoms with E-state index < -0.39 is 16.1 Å². The molecule has 0 amide bonds. The summed E-state index contributed by atoms with van der Waals surface area (Å²) in [6.45, 7) is 0. The fraction of sp³-hybridized carbons (Fsp3) is 0. The molecule has 12 aromatic rings. The Hall–Kier alpha value is -7.77. The minimum absolute atomic E-state index is 1.15. The van der Waals surface area contributed by atoms with E-state index in [2.05, 4.69) is 264 Å². The molecule has 10 aromatic carbocycles. The predicted octanol–water partition coefficient (Wildman–Crippen LogP) is 8.95. The van der Waals surface area contributed by atoms with E-state index in [0.717, 1.165) is 11.4 Å². The fourth-order valence-electron chi connectivity index (χ4n) is 11.6. The highest BCUT2D eigenvalue weighted by molar-refractivity contribution is 7.32. The number of aromatic nitrogens is 2. The van der Waals surface area contributed by atoms with Gasteiger partial charge in [0.05, 0.1) is 22.1 Å². The van der Waals surface area contributed by atoms with E-state index in [0.29, 0.717) is 0 Å². The van der Waals surface area contributed by atoms with Crippen molar-refractivity contribution in [2.24, 2.45) is 0 Å². The third-order valence-electron chi connectivity index (χ3n) is 14.1. The molecule has 3 heterocycles. The Morgan fingerprint density at radius 1 is 0.219 bits per heavy atom. The van der Waals surface area contributed by atoms with Crippen molar-refractivity contribution in [3.63, 3.8) is 0 Å². The molecule has 0 saturated carbocycles. The fourth-order valence-corrected chi connectivity index (χ4v) is 23.7. The molecule has 0 radical (unpaired) electrons. The number of para-hydroxylation sites is 3. The van der Waals surface area contributed by atoms with E-state index in [1.54, 1.807) is 0 Å². The van der Waals surface area contributed by atoms with Gasteiger partial charge in [-0.25, -0.2) is 0 Å². The van der Waals surface area contributed by atoms with Crippen molar-refractivity contribution in [2.75, 3.05) is 0 Å². The summed E-state index contributed by atoms with van der Waals surface area (Å²) >= 11 is 0. The number of hydrogen-bond donors (Lipinski definition) is 0. The van der Waals surface area contributed by atoms with E-state index in [9.17, 15) is 0 Å². The normalized spacial score (nSPS) is 13.9. The maximum absolute atomic E-state index is 3.02. The molecule has 300 valence electrons. The Morgan fingerprint density at radius 2 is 0.562 bits per heavy atom. The minimum atomic E-state index is -3.02. The Morgan fingerprint density at radius 3 is 1.05 bits per heavy atom. The molecule has 0 saturated heterocycles. The maximum Gasteiger partial charge on any atom is 0.179 e. The first-order valence-electron chi connectivity index (χ1n) is 22.3. The monoisotopic (exact) mass is 846 g/mol. The van der Waals surface area contributed by atoms with Crippen molar-refractivity contribution in [1.29, 1.82) is 0 Å². The van der Waals surface area contributed by atoms with Crippen molar-refractivity contribution in [2.45, 2.75) is 0 Å². The second kappa shape index (κ2) is 14.4. The highest BCUT2D eigenvalue weighted by Crippen LogP contribution is 2.37. The molecule has 4 heteroatoms. The number of rotatable bonds is 6. The highest BCUT2D eigenvalue weighted by Gasteiger charge is 2.56. The standard InChI is InChI=1S/C60H42N2Si2/c1-5-21-43(22-6-1)61-53-31-15-13-29-49(53)51-39-37-44(41-55(51)61)62-54-32-16-14-30-50(54)52-40-38-48(42-56(52)62)64(47-27-11-4-12-28-47)59-35-19-17-33-57(59)63(45-23-7-2-8-24-45,46-25-9-3-10-26-46)58-34-18-20-36-60(58)64/h1-42H. The van der Waals surface area contributed by atoms with Crippen LogP contribution in [0, 0.1) is 0 Å². The topological polar surface area (TPSA) is 9.86 Å². The summed E-state index contributed by atoms with van der Waals surface area (Å²) in [5, 5.41) is 16.6. The molecule has 1 aliphatic rings. The van der Waals surface area contributed by atoms with Crippen LogP contribution in [0.2, 0.25) is 0 Å². The molecule has 1 aliphatic heterocycles. The lowest BCUT2D eigenvalue weighted by Crippen LogP contribution is -2.93. The summed E-state index contributed by atoms with van der Waals surface area (Å²) in [7, 11) is -5.84. The van der Waals surface area contributed by atoms with Crippen LogP contribution in [0.1, 0.15) is 0 Å². The van der Waals surface area contributed by atoms with Gasteiger partial charge in [-0.3, -0.25) is 0 Å². The van der Waals surface area contributed by atoms with E-state index in [4.69, 9.17) is 0 Å². The second-order valence-electron chi connectivity index (χ2n) is 17.2. The van der Waals surface area contributed by atoms with Gasteiger partial charge in [0, 0.05) is 32.9 Å². The number of hydrogen-bond acceptors (Lipinski definition) is 0. The summed E-state index contributed by atoms with van der Waals surface area (Å²) in [4.78, 5) is 0. The van der Waals surface area contributed by atoms with E-state index >= 15 is 0 Å². The zero-order valence-corrected chi connectivity index (χ0v) is 37.1. The van der Waals surface area contributed by atoms with Crippen LogP contribution in [0.4, 0.5) is 0 Å².